The predicted octanol–water partition coefficient (Wildman–Crippen LogP) is 3.48. The quantitative estimate of drug-likeness (QED) is 0.383. The van der Waals surface area contributed by atoms with E-state index in [1.165, 1.54) is 12.2 Å². The third kappa shape index (κ3) is 6.99. The van der Waals surface area contributed by atoms with E-state index in [0.717, 1.165) is 37.6 Å². The summed E-state index contributed by atoms with van der Waals surface area (Å²) < 4.78 is 14.3. The highest BCUT2D eigenvalue weighted by molar-refractivity contribution is 7.98. The molecule has 0 aromatic heterocycles. The topological polar surface area (TPSA) is 39.7 Å². The van der Waals surface area contributed by atoms with Gasteiger partial charge in [0, 0.05) is 33.2 Å². The van der Waals surface area contributed by atoms with Crippen LogP contribution in [0.4, 0.5) is 10.1 Å². The highest BCUT2D eigenvalue weighted by atomic mass is 32.2. The van der Waals surface area contributed by atoms with Gasteiger partial charge in [-0.05, 0) is 56.4 Å². The summed E-state index contributed by atoms with van der Waals surface area (Å²) in [5.41, 5.74) is 1.58. The Hall–Kier alpha value is -1.43. The molecule has 0 atom stereocenters. The van der Waals surface area contributed by atoms with Crippen LogP contribution in [-0.2, 0) is 6.54 Å². The van der Waals surface area contributed by atoms with Crippen molar-refractivity contribution in [1.29, 1.82) is 0 Å². The largest absolute Gasteiger partial charge is 0.370 e. The summed E-state index contributed by atoms with van der Waals surface area (Å²) in [5.74, 6) is 1.77. The molecule has 0 fully saturated rings. The van der Waals surface area contributed by atoms with Gasteiger partial charge in [0.15, 0.2) is 5.96 Å². The maximum absolute atomic E-state index is 14.3. The molecule has 0 radical (unpaired) electrons. The number of nitrogens with one attached hydrogen (secondary N) is 2. The zero-order chi connectivity index (χ0) is 17.8. The van der Waals surface area contributed by atoms with Crippen LogP contribution in [0.1, 0.15) is 32.3 Å². The van der Waals surface area contributed by atoms with Gasteiger partial charge in [-0.15, -0.1) is 0 Å². The number of unbranched alkanes of at least 4 members (excludes halogenated alkanes) is 1. The standard InChI is InChI=1S/C18H31FN4S/c1-5-23(6-2)17-10-9-15(13-16(17)19)14-22-18(20-3)21-11-7-8-12-24-4/h9-10,13H,5-8,11-12,14H2,1-4H3,(H2,20,21,22). The summed E-state index contributed by atoms with van der Waals surface area (Å²) in [4.78, 5) is 6.22. The monoisotopic (exact) mass is 354 g/mol. The second kappa shape index (κ2) is 12.0. The lowest BCUT2D eigenvalue weighted by Crippen LogP contribution is -2.37. The van der Waals surface area contributed by atoms with Crippen LogP contribution in [0.5, 0.6) is 0 Å². The van der Waals surface area contributed by atoms with Crippen molar-refractivity contribution < 1.29 is 4.39 Å². The fraction of sp³-hybridized carbons (Fsp3) is 0.611. The lowest BCUT2D eigenvalue weighted by Gasteiger charge is -2.22. The third-order valence-corrected chi connectivity index (χ3v) is 4.56. The van der Waals surface area contributed by atoms with E-state index in [4.69, 9.17) is 0 Å². The van der Waals surface area contributed by atoms with Crippen molar-refractivity contribution in [2.45, 2.75) is 33.2 Å². The first-order valence-electron chi connectivity index (χ1n) is 8.63. The van der Waals surface area contributed by atoms with Crippen molar-refractivity contribution in [2.75, 3.05) is 43.6 Å². The first-order chi connectivity index (χ1) is 11.7. The number of hydrogen-bond donors (Lipinski definition) is 2. The molecular formula is C18H31FN4S. The van der Waals surface area contributed by atoms with Crippen LogP contribution in [0.25, 0.3) is 0 Å². The summed E-state index contributed by atoms with van der Waals surface area (Å²) in [6.45, 7) is 7.13. The van der Waals surface area contributed by atoms with Gasteiger partial charge >= 0.3 is 0 Å². The van der Waals surface area contributed by atoms with E-state index in [1.54, 1.807) is 13.1 Å². The minimum Gasteiger partial charge on any atom is -0.370 e. The number of thioether (sulfide) groups is 1. The Bertz CT molecular complexity index is 504. The van der Waals surface area contributed by atoms with Gasteiger partial charge in [-0.2, -0.15) is 11.8 Å². The zero-order valence-electron chi connectivity index (χ0n) is 15.4. The molecule has 24 heavy (non-hydrogen) atoms. The van der Waals surface area contributed by atoms with E-state index in [-0.39, 0.29) is 5.82 Å². The molecule has 0 amide bonds. The Kier molecular flexibility index (Phi) is 10.3. The maximum Gasteiger partial charge on any atom is 0.191 e. The van der Waals surface area contributed by atoms with Gasteiger partial charge in [0.25, 0.3) is 0 Å². The maximum atomic E-state index is 14.3. The molecule has 0 aliphatic carbocycles. The van der Waals surface area contributed by atoms with Crippen LogP contribution in [0.2, 0.25) is 0 Å². The first kappa shape index (κ1) is 20.6. The minimum absolute atomic E-state index is 0.169. The number of hydrogen-bond acceptors (Lipinski definition) is 3. The molecule has 0 spiro atoms. The molecule has 0 bridgehead atoms. The van der Waals surface area contributed by atoms with Crippen LogP contribution in [0, 0.1) is 5.82 Å². The average molecular weight is 355 g/mol. The lowest BCUT2D eigenvalue weighted by atomic mass is 10.2. The summed E-state index contributed by atoms with van der Waals surface area (Å²) in [5, 5.41) is 6.52. The molecule has 0 aliphatic rings. The molecule has 4 nitrogen and oxygen atoms in total. The molecule has 0 aliphatic heterocycles. The molecule has 0 saturated heterocycles. The van der Waals surface area contributed by atoms with Crippen molar-refractivity contribution in [3.63, 3.8) is 0 Å². The number of benzene rings is 1. The third-order valence-electron chi connectivity index (χ3n) is 3.87. The van der Waals surface area contributed by atoms with Crippen LogP contribution >= 0.6 is 11.8 Å². The van der Waals surface area contributed by atoms with Crippen molar-refractivity contribution in [1.82, 2.24) is 10.6 Å². The second-order valence-electron chi connectivity index (χ2n) is 5.51. The van der Waals surface area contributed by atoms with Crippen LogP contribution in [-0.4, -0.2) is 44.7 Å². The molecule has 1 rings (SSSR count). The SMILES string of the molecule is CCN(CC)c1ccc(CNC(=NC)NCCCCSC)cc1F. The Labute approximate surface area is 150 Å². The number of guanidine groups is 1. The smallest absolute Gasteiger partial charge is 0.191 e. The van der Waals surface area contributed by atoms with Crippen LogP contribution in [0.3, 0.4) is 0 Å². The van der Waals surface area contributed by atoms with Gasteiger partial charge < -0.3 is 15.5 Å². The predicted molar refractivity (Wildman–Crippen MR) is 106 cm³/mol. The molecule has 0 unspecified atom stereocenters. The summed E-state index contributed by atoms with van der Waals surface area (Å²) >= 11 is 1.87. The fourth-order valence-electron chi connectivity index (χ4n) is 2.47. The first-order valence-corrected chi connectivity index (χ1v) is 10.0. The van der Waals surface area contributed by atoms with E-state index in [1.807, 2.05) is 42.6 Å². The van der Waals surface area contributed by atoms with E-state index < -0.39 is 0 Å². The number of rotatable bonds is 10. The highest BCUT2D eigenvalue weighted by Gasteiger charge is 2.09. The van der Waals surface area contributed by atoms with Crippen LogP contribution < -0.4 is 15.5 Å². The Morgan fingerprint density at radius 2 is 1.96 bits per heavy atom. The van der Waals surface area contributed by atoms with Gasteiger partial charge in [-0.1, -0.05) is 6.07 Å². The summed E-state index contributed by atoms with van der Waals surface area (Å²) in [7, 11) is 1.75. The van der Waals surface area contributed by atoms with E-state index in [2.05, 4.69) is 21.9 Å². The Morgan fingerprint density at radius 3 is 2.54 bits per heavy atom. The van der Waals surface area contributed by atoms with E-state index in [9.17, 15) is 4.39 Å². The lowest BCUT2D eigenvalue weighted by molar-refractivity contribution is 0.616. The molecule has 0 saturated carbocycles. The average Bonchev–Trinajstić information content (AvgIpc) is 2.60. The molecule has 0 heterocycles. The van der Waals surface area contributed by atoms with E-state index in [0.29, 0.717) is 12.2 Å². The number of nitrogens with zero attached hydrogens (tertiary/aromatic N) is 2. The number of halogens is 1. The van der Waals surface area contributed by atoms with Crippen LogP contribution in [0.15, 0.2) is 23.2 Å². The van der Waals surface area contributed by atoms with Crippen molar-refractivity contribution in [3.8, 4) is 0 Å². The zero-order valence-corrected chi connectivity index (χ0v) is 16.2. The number of aliphatic imine (C=N–C) groups is 1. The number of anilines is 1. The summed E-state index contributed by atoms with van der Waals surface area (Å²) in [6, 6.07) is 5.43. The fourth-order valence-corrected chi connectivity index (χ4v) is 2.96. The molecule has 6 heteroatoms. The van der Waals surface area contributed by atoms with Crippen molar-refractivity contribution >= 4 is 23.4 Å². The molecule has 1 aromatic carbocycles. The second-order valence-corrected chi connectivity index (χ2v) is 6.50. The van der Waals surface area contributed by atoms with Crippen molar-refractivity contribution in [3.05, 3.63) is 29.6 Å². The van der Waals surface area contributed by atoms with Gasteiger partial charge in [0.1, 0.15) is 5.82 Å². The normalized spacial score (nSPS) is 11.5. The molecular weight excluding hydrogens is 323 g/mol. The molecule has 136 valence electrons. The minimum atomic E-state index is -0.169. The highest BCUT2D eigenvalue weighted by Crippen LogP contribution is 2.20. The van der Waals surface area contributed by atoms with Gasteiger partial charge in [0.2, 0.25) is 0 Å². The van der Waals surface area contributed by atoms with Crippen molar-refractivity contribution in [2.24, 2.45) is 4.99 Å². The Morgan fingerprint density at radius 1 is 1.21 bits per heavy atom. The molecule has 2 N–H and O–H groups in total. The van der Waals surface area contributed by atoms with Gasteiger partial charge in [0.05, 0.1) is 5.69 Å². The van der Waals surface area contributed by atoms with Gasteiger partial charge in [-0.3, -0.25) is 4.99 Å². The Balaban J connectivity index is 2.49. The molecule has 1 aromatic rings. The van der Waals surface area contributed by atoms with E-state index >= 15 is 0 Å². The summed E-state index contributed by atoms with van der Waals surface area (Å²) in [6.07, 6.45) is 4.44. The van der Waals surface area contributed by atoms with Gasteiger partial charge in [-0.25, -0.2) is 4.39 Å².